The van der Waals surface area contributed by atoms with E-state index >= 15 is 0 Å². The van der Waals surface area contributed by atoms with Crippen LogP contribution in [0.15, 0.2) is 0 Å². The Balaban J connectivity index is -0.000000200. The van der Waals surface area contributed by atoms with Gasteiger partial charge in [0.1, 0.15) is 13.2 Å². The molecule has 0 aliphatic rings. The number of carbonyl (C=O) groups is 2. The smallest absolute Gasteiger partial charge is 0.305 e. The molecule has 0 unspecified atom stereocenters. The van der Waals surface area contributed by atoms with Crippen LogP contribution in [0.5, 0.6) is 0 Å². The number of esters is 2. The Morgan fingerprint density at radius 3 is 0.766 bits per heavy atom. The average molecular weight is 812 g/mol. The van der Waals surface area contributed by atoms with Crippen molar-refractivity contribution in [2.45, 2.75) is 221 Å². The van der Waals surface area contributed by atoms with Gasteiger partial charge in [-0.1, -0.05) is 196 Å². The first kappa shape index (κ1) is 56.8. The molecule has 0 aromatic heterocycles. The Hall–Kier alpha value is 0.439. The van der Waals surface area contributed by atoms with Crippen LogP contribution in [0.1, 0.15) is 221 Å². The van der Waals surface area contributed by atoms with E-state index in [1.165, 1.54) is 141 Å². The molecule has 284 valence electrons. The Bertz CT molecular complexity index is 488. The third-order valence-electron chi connectivity index (χ3n) is 7.68. The zero-order valence-electron chi connectivity index (χ0n) is 32.7. The third kappa shape index (κ3) is 69.1. The largest absolute Gasteiger partial charge is 0.465 e. The fraction of sp³-hybridized carbons (Fsp3) is 0.950. The van der Waals surface area contributed by atoms with Crippen LogP contribution >= 0.6 is 25.3 Å². The average Bonchev–Trinajstić information content (AvgIpc) is 3.08. The molecule has 0 saturated carbocycles. The van der Waals surface area contributed by atoms with E-state index in [-0.39, 0.29) is 35.8 Å². The molecule has 0 atom stereocenters. The van der Waals surface area contributed by atoms with Gasteiger partial charge < -0.3 is 9.47 Å². The topological polar surface area (TPSA) is 52.6 Å². The molecular formula is C40H84O4S2Sn. The number of hydrogen-bond acceptors (Lipinski definition) is 6. The van der Waals surface area contributed by atoms with Crippen molar-refractivity contribution in [1.82, 2.24) is 0 Å². The molecule has 0 saturated heterocycles. The van der Waals surface area contributed by atoms with Gasteiger partial charge >= 0.3 is 11.9 Å². The minimum atomic E-state index is -0.0648. The van der Waals surface area contributed by atoms with Gasteiger partial charge in [0.15, 0.2) is 0 Å². The molecule has 0 amide bonds. The summed E-state index contributed by atoms with van der Waals surface area (Å²) in [4.78, 5) is 22.4. The van der Waals surface area contributed by atoms with E-state index in [0.717, 1.165) is 25.7 Å². The van der Waals surface area contributed by atoms with Crippen LogP contribution in [-0.2, 0) is 19.1 Å². The van der Waals surface area contributed by atoms with Crippen LogP contribution in [0.2, 0.25) is 0 Å². The Morgan fingerprint density at radius 1 is 0.362 bits per heavy atom. The van der Waals surface area contributed by atoms with Gasteiger partial charge in [-0.25, -0.2) is 0 Å². The van der Waals surface area contributed by atoms with Crippen LogP contribution in [0.4, 0.5) is 0 Å². The number of thiol groups is 2. The van der Waals surface area contributed by atoms with Crippen molar-refractivity contribution in [1.29, 1.82) is 0 Å². The molecule has 0 aromatic rings. The molecule has 47 heavy (non-hydrogen) atoms. The minimum absolute atomic E-state index is 0. The number of unbranched alkanes of at least 4 members (excludes halogenated alkanes) is 22. The van der Waals surface area contributed by atoms with Crippen molar-refractivity contribution >= 4 is 61.1 Å². The van der Waals surface area contributed by atoms with Crippen molar-refractivity contribution < 1.29 is 19.1 Å². The fourth-order valence-electron chi connectivity index (χ4n) is 4.33. The van der Waals surface area contributed by atoms with E-state index in [0.29, 0.717) is 37.6 Å². The van der Waals surface area contributed by atoms with Crippen molar-refractivity contribution in [3.63, 3.8) is 0 Å². The van der Waals surface area contributed by atoms with Gasteiger partial charge in [-0.15, -0.1) is 0 Å². The van der Waals surface area contributed by atoms with E-state index in [1.54, 1.807) is 0 Å². The molecule has 0 aromatic carbocycles. The summed E-state index contributed by atoms with van der Waals surface area (Å²) in [5.41, 5.74) is 0. The zero-order chi connectivity index (χ0) is 35.2. The molecular weight excluding hydrogens is 727 g/mol. The van der Waals surface area contributed by atoms with E-state index in [4.69, 9.17) is 9.47 Å². The second kappa shape index (κ2) is 58.6. The van der Waals surface area contributed by atoms with Crippen LogP contribution in [-0.4, -0.2) is 60.6 Å². The maximum atomic E-state index is 11.2. The van der Waals surface area contributed by atoms with Crippen molar-refractivity contribution in [3.8, 4) is 0 Å². The summed E-state index contributed by atoms with van der Waals surface area (Å²) >= 11 is 8.00. The normalized spacial score (nSPS) is 9.87. The summed E-state index contributed by atoms with van der Waals surface area (Å²) in [6.07, 6.45) is 35.2. The predicted octanol–water partition coefficient (Wildman–Crippen LogP) is 13.6. The molecule has 0 aliphatic heterocycles. The van der Waals surface area contributed by atoms with Gasteiger partial charge in [0, 0.05) is 48.3 Å². The van der Waals surface area contributed by atoms with Gasteiger partial charge in [-0.3, -0.25) is 9.59 Å². The van der Waals surface area contributed by atoms with Gasteiger partial charge in [0.25, 0.3) is 0 Å². The first-order valence-electron chi connectivity index (χ1n) is 20.0. The summed E-state index contributed by atoms with van der Waals surface area (Å²) < 4.78 is 9.94. The van der Waals surface area contributed by atoms with Crippen LogP contribution in [0.3, 0.4) is 0 Å². The summed E-state index contributed by atoms with van der Waals surface area (Å²) in [6, 6.07) is 0. The standard InChI is InChI=1S/2C16H32O2S.2C4H10.Sn/c2*1-2-3-4-5-6-7-8-9-10-11-12-13-16(17)18-14-15-19;2*1-3-4-2;/h2*19H,2-15H2,1H3;2*3-4H2,1-2H3;. The van der Waals surface area contributed by atoms with Crippen molar-refractivity contribution in [2.24, 2.45) is 0 Å². The number of ether oxygens (including phenoxy) is 2. The van der Waals surface area contributed by atoms with Gasteiger partial charge in [0.05, 0.1) is 0 Å². The molecule has 0 spiro atoms. The zero-order valence-corrected chi connectivity index (χ0v) is 37.3. The monoisotopic (exact) mass is 812 g/mol. The van der Waals surface area contributed by atoms with Gasteiger partial charge in [-0.2, -0.15) is 25.3 Å². The Morgan fingerprint density at radius 2 is 0.574 bits per heavy atom. The second-order valence-electron chi connectivity index (χ2n) is 12.5. The fourth-order valence-corrected chi connectivity index (χ4v) is 4.51. The third-order valence-corrected chi connectivity index (χ3v) is 8.04. The molecule has 4 radical (unpaired) electrons. The van der Waals surface area contributed by atoms with Crippen LogP contribution in [0.25, 0.3) is 0 Å². The Labute approximate surface area is 324 Å². The summed E-state index contributed by atoms with van der Waals surface area (Å²) in [5, 5.41) is 0. The first-order valence-corrected chi connectivity index (χ1v) is 21.2. The number of hydrogen-bond donors (Lipinski definition) is 2. The molecule has 7 heteroatoms. The summed E-state index contributed by atoms with van der Waals surface area (Å²) in [6.45, 7) is 14.1. The molecule has 0 N–H and O–H groups in total. The van der Waals surface area contributed by atoms with E-state index in [9.17, 15) is 9.59 Å². The number of rotatable bonds is 30. The van der Waals surface area contributed by atoms with Crippen molar-refractivity contribution in [3.05, 3.63) is 0 Å². The molecule has 0 heterocycles. The molecule has 4 nitrogen and oxygen atoms in total. The quantitative estimate of drug-likeness (QED) is 0.0328. The van der Waals surface area contributed by atoms with Crippen LogP contribution < -0.4 is 0 Å². The minimum Gasteiger partial charge on any atom is -0.465 e. The Kier molecular flexibility index (Phi) is 70.9. The first-order chi connectivity index (χ1) is 22.4. The maximum Gasteiger partial charge on any atom is 0.305 e. The molecule has 0 fully saturated rings. The van der Waals surface area contributed by atoms with Crippen molar-refractivity contribution in [2.75, 3.05) is 24.7 Å². The maximum absolute atomic E-state index is 11.2. The molecule has 0 aliphatic carbocycles. The number of carbonyl (C=O) groups excluding carboxylic acids is 2. The van der Waals surface area contributed by atoms with Crippen LogP contribution in [0, 0.1) is 0 Å². The second-order valence-corrected chi connectivity index (χ2v) is 13.4. The van der Waals surface area contributed by atoms with Gasteiger partial charge in [-0.05, 0) is 12.8 Å². The SMILES string of the molecule is CCCC.CCCC.CCCCCCCCCCCCCC(=O)OCCS.CCCCCCCCCCCCCC(=O)OCCS.[Sn]. The summed E-state index contributed by atoms with van der Waals surface area (Å²) in [7, 11) is 0. The van der Waals surface area contributed by atoms with E-state index in [1.807, 2.05) is 0 Å². The summed E-state index contributed by atoms with van der Waals surface area (Å²) in [5.74, 6) is 1.10. The van der Waals surface area contributed by atoms with E-state index in [2.05, 4.69) is 66.8 Å². The predicted molar refractivity (Wildman–Crippen MR) is 219 cm³/mol. The van der Waals surface area contributed by atoms with Gasteiger partial charge in [0.2, 0.25) is 0 Å². The van der Waals surface area contributed by atoms with E-state index < -0.39 is 0 Å². The molecule has 0 bridgehead atoms. The molecule has 0 rings (SSSR count).